The zero-order chi connectivity index (χ0) is 17.6. The van der Waals surface area contributed by atoms with Gasteiger partial charge in [0.2, 0.25) is 6.41 Å². The first-order valence-corrected chi connectivity index (χ1v) is 9.69. The maximum absolute atomic E-state index is 10.9. The van der Waals surface area contributed by atoms with E-state index in [1.54, 1.807) is 12.7 Å². The molecule has 3 aliphatic carbocycles. The number of amides is 1. The minimum absolute atomic E-state index is 0.427. The molecule has 0 saturated heterocycles. The second-order valence-electron chi connectivity index (χ2n) is 8.24. The van der Waals surface area contributed by atoms with Gasteiger partial charge in [0.05, 0.1) is 12.8 Å². The van der Waals surface area contributed by atoms with Crippen LogP contribution in [0.4, 0.5) is 5.69 Å². The Bertz CT molecular complexity index is 723. The second-order valence-corrected chi connectivity index (χ2v) is 8.24. The van der Waals surface area contributed by atoms with Gasteiger partial charge in [0.15, 0.2) is 0 Å². The number of anilines is 1. The summed E-state index contributed by atoms with van der Waals surface area (Å²) in [6.45, 7) is 4.74. The van der Waals surface area contributed by atoms with E-state index in [9.17, 15) is 4.79 Å². The molecule has 3 heteroatoms. The Balaban J connectivity index is 1.71. The van der Waals surface area contributed by atoms with Gasteiger partial charge in [-0.05, 0) is 91.9 Å². The second kappa shape index (κ2) is 6.19. The van der Waals surface area contributed by atoms with E-state index in [1.807, 2.05) is 0 Å². The van der Waals surface area contributed by atoms with Crippen LogP contribution in [0.2, 0.25) is 0 Å². The summed E-state index contributed by atoms with van der Waals surface area (Å²) in [7, 11) is 1.69. The molecule has 3 aliphatic rings. The number of carbonyl (C=O) groups excluding carboxylic acids is 1. The van der Waals surface area contributed by atoms with Crippen molar-refractivity contribution in [3.05, 3.63) is 34.9 Å². The monoisotopic (exact) mass is 339 g/mol. The van der Waals surface area contributed by atoms with Gasteiger partial charge in [-0.1, -0.05) is 18.6 Å². The summed E-state index contributed by atoms with van der Waals surface area (Å²) in [5.74, 6) is 3.06. The minimum atomic E-state index is 0.427. The molecule has 4 rings (SSSR count). The number of carbonyl (C=O) groups is 1. The van der Waals surface area contributed by atoms with Crippen LogP contribution in [0.5, 0.6) is 5.75 Å². The summed E-state index contributed by atoms with van der Waals surface area (Å²) in [4.78, 5) is 10.9. The lowest BCUT2D eigenvalue weighted by molar-refractivity contribution is -0.105. The molecule has 4 atom stereocenters. The molecule has 1 aromatic carbocycles. The first-order chi connectivity index (χ1) is 12.1. The van der Waals surface area contributed by atoms with E-state index < -0.39 is 0 Å². The van der Waals surface area contributed by atoms with E-state index in [0.29, 0.717) is 11.3 Å². The van der Waals surface area contributed by atoms with Crippen LogP contribution >= 0.6 is 0 Å². The average molecular weight is 339 g/mol. The van der Waals surface area contributed by atoms with Gasteiger partial charge < -0.3 is 10.1 Å². The highest BCUT2D eigenvalue weighted by Crippen LogP contribution is 2.63. The standard InChI is InChI=1S/C22H29NO2/c1-4-15-6-8-19-17-7-5-14-11-20(23-13-24)21(25-3)12-18(14)16(17)9-10-22(15,19)2/h4,11-13,16-17,19H,5-10H2,1-3H3,(H,23,24)/b15-4+/t16?,17?,19?,22-/m1/s1. The van der Waals surface area contributed by atoms with Crippen molar-refractivity contribution in [1.82, 2.24) is 0 Å². The Morgan fingerprint density at radius 1 is 1.24 bits per heavy atom. The van der Waals surface area contributed by atoms with E-state index in [-0.39, 0.29) is 0 Å². The topological polar surface area (TPSA) is 38.3 Å². The molecule has 1 aromatic rings. The fourth-order valence-electron chi connectivity index (χ4n) is 6.27. The number of methoxy groups -OCH3 is 1. The maximum Gasteiger partial charge on any atom is 0.211 e. The number of nitrogens with one attached hydrogen (secondary N) is 1. The summed E-state index contributed by atoms with van der Waals surface area (Å²) in [5, 5.41) is 2.79. The van der Waals surface area contributed by atoms with Gasteiger partial charge in [-0.25, -0.2) is 0 Å². The molecular weight excluding hydrogens is 310 g/mol. The third-order valence-electron chi connectivity index (χ3n) is 7.46. The Morgan fingerprint density at radius 2 is 2.08 bits per heavy atom. The van der Waals surface area contributed by atoms with Gasteiger partial charge in [0.1, 0.15) is 5.75 Å². The van der Waals surface area contributed by atoms with Crippen molar-refractivity contribution < 1.29 is 9.53 Å². The van der Waals surface area contributed by atoms with Crippen LogP contribution in [0.25, 0.3) is 0 Å². The molecule has 134 valence electrons. The van der Waals surface area contributed by atoms with E-state index in [4.69, 9.17) is 4.74 Å². The largest absolute Gasteiger partial charge is 0.495 e. The molecule has 0 aliphatic heterocycles. The molecule has 3 unspecified atom stereocenters. The Hall–Kier alpha value is -1.77. The number of fused-ring (bicyclic) bond motifs is 5. The number of rotatable bonds is 3. The SMILES string of the molecule is C/C=C1\CCC2C3CCc4cc(NC=O)c(OC)cc4C3CC[C@]12C. The predicted molar refractivity (Wildman–Crippen MR) is 101 cm³/mol. The fourth-order valence-corrected chi connectivity index (χ4v) is 6.27. The lowest BCUT2D eigenvalue weighted by Crippen LogP contribution is -2.40. The number of benzene rings is 1. The first kappa shape index (κ1) is 16.7. The van der Waals surface area contributed by atoms with E-state index >= 15 is 0 Å². The first-order valence-electron chi connectivity index (χ1n) is 9.69. The van der Waals surface area contributed by atoms with Crippen LogP contribution in [-0.2, 0) is 11.2 Å². The molecule has 1 amide bonds. The highest BCUT2D eigenvalue weighted by atomic mass is 16.5. The third-order valence-corrected chi connectivity index (χ3v) is 7.46. The molecular formula is C22H29NO2. The lowest BCUT2D eigenvalue weighted by atomic mass is 9.55. The van der Waals surface area contributed by atoms with Crippen LogP contribution in [-0.4, -0.2) is 13.5 Å². The van der Waals surface area contributed by atoms with E-state index in [0.717, 1.165) is 36.1 Å². The van der Waals surface area contributed by atoms with Crippen molar-refractivity contribution in [2.75, 3.05) is 12.4 Å². The molecule has 25 heavy (non-hydrogen) atoms. The van der Waals surface area contributed by atoms with E-state index in [2.05, 4.69) is 37.4 Å². The number of hydrogen-bond acceptors (Lipinski definition) is 2. The molecule has 0 bridgehead atoms. The zero-order valence-electron chi connectivity index (χ0n) is 15.6. The summed E-state index contributed by atoms with van der Waals surface area (Å²) < 4.78 is 5.55. The normalized spacial score (nSPS) is 34.8. The van der Waals surface area contributed by atoms with Crippen molar-refractivity contribution in [3.63, 3.8) is 0 Å². The van der Waals surface area contributed by atoms with Crippen molar-refractivity contribution in [2.24, 2.45) is 17.3 Å². The third kappa shape index (κ3) is 2.43. The smallest absolute Gasteiger partial charge is 0.211 e. The van der Waals surface area contributed by atoms with E-state index in [1.165, 1.54) is 43.2 Å². The number of ether oxygens (including phenoxy) is 1. The minimum Gasteiger partial charge on any atom is -0.495 e. The van der Waals surface area contributed by atoms with Crippen LogP contribution < -0.4 is 10.1 Å². The molecule has 0 heterocycles. The number of aryl methyl sites for hydroxylation is 1. The van der Waals surface area contributed by atoms with Crippen molar-refractivity contribution >= 4 is 12.1 Å². The van der Waals surface area contributed by atoms with Crippen LogP contribution in [0.1, 0.15) is 63.0 Å². The molecule has 3 nitrogen and oxygen atoms in total. The van der Waals surface area contributed by atoms with Crippen molar-refractivity contribution in [3.8, 4) is 5.75 Å². The summed E-state index contributed by atoms with van der Waals surface area (Å²) >= 11 is 0. The van der Waals surface area contributed by atoms with Crippen molar-refractivity contribution in [1.29, 1.82) is 0 Å². The number of allylic oxidation sites excluding steroid dienone is 2. The summed E-state index contributed by atoms with van der Waals surface area (Å²) in [5.41, 5.74) is 5.80. The molecule has 0 aromatic heterocycles. The van der Waals surface area contributed by atoms with Gasteiger partial charge in [-0.3, -0.25) is 4.79 Å². The molecule has 2 fully saturated rings. The highest BCUT2D eigenvalue weighted by Gasteiger charge is 2.52. The van der Waals surface area contributed by atoms with Gasteiger partial charge >= 0.3 is 0 Å². The van der Waals surface area contributed by atoms with Crippen LogP contribution in [0.15, 0.2) is 23.8 Å². The molecule has 2 saturated carbocycles. The lowest BCUT2D eigenvalue weighted by Gasteiger charge is -2.49. The fraction of sp³-hybridized carbons (Fsp3) is 0.591. The van der Waals surface area contributed by atoms with Crippen LogP contribution in [0, 0.1) is 17.3 Å². The summed E-state index contributed by atoms with van der Waals surface area (Å²) in [6.07, 6.45) is 10.7. The molecule has 1 N–H and O–H groups in total. The molecule has 0 radical (unpaired) electrons. The Kier molecular flexibility index (Phi) is 4.13. The Morgan fingerprint density at radius 3 is 2.80 bits per heavy atom. The van der Waals surface area contributed by atoms with Gasteiger partial charge in [0.25, 0.3) is 0 Å². The zero-order valence-corrected chi connectivity index (χ0v) is 15.6. The quantitative estimate of drug-likeness (QED) is 0.617. The van der Waals surface area contributed by atoms with Gasteiger partial charge in [-0.2, -0.15) is 0 Å². The maximum atomic E-state index is 10.9. The average Bonchev–Trinajstić information content (AvgIpc) is 2.97. The van der Waals surface area contributed by atoms with Crippen molar-refractivity contribution in [2.45, 2.75) is 58.3 Å². The van der Waals surface area contributed by atoms with Gasteiger partial charge in [-0.15, -0.1) is 0 Å². The van der Waals surface area contributed by atoms with Gasteiger partial charge in [0, 0.05) is 0 Å². The van der Waals surface area contributed by atoms with Crippen LogP contribution in [0.3, 0.4) is 0 Å². The Labute approximate surface area is 150 Å². The molecule has 0 spiro atoms. The predicted octanol–water partition coefficient (Wildman–Crippen LogP) is 5.07. The summed E-state index contributed by atoms with van der Waals surface area (Å²) in [6, 6.07) is 4.34. The highest BCUT2D eigenvalue weighted by molar-refractivity contribution is 5.76. The number of hydrogen-bond donors (Lipinski definition) is 1.